The highest BCUT2D eigenvalue weighted by Crippen LogP contribution is 2.21. The van der Waals surface area contributed by atoms with Gasteiger partial charge in [-0.1, -0.05) is 62.1 Å². The van der Waals surface area contributed by atoms with Gasteiger partial charge in [-0.2, -0.15) is 0 Å². The van der Waals surface area contributed by atoms with E-state index in [0.29, 0.717) is 17.2 Å². The van der Waals surface area contributed by atoms with Gasteiger partial charge in [0.15, 0.2) is 0 Å². The first-order valence-corrected chi connectivity index (χ1v) is 13.2. The van der Waals surface area contributed by atoms with Crippen molar-refractivity contribution in [1.82, 2.24) is 10.2 Å². The molecular weight excluding hydrogens is 459 g/mol. The van der Waals surface area contributed by atoms with Crippen LogP contribution in [-0.2, 0) is 21.9 Å². The van der Waals surface area contributed by atoms with E-state index >= 15 is 0 Å². The van der Waals surface area contributed by atoms with Crippen molar-refractivity contribution in [3.63, 3.8) is 0 Å². The quantitative estimate of drug-likeness (QED) is 0.446. The summed E-state index contributed by atoms with van der Waals surface area (Å²) in [4.78, 5) is 28.1. The Hall–Kier alpha value is -2.05. The second kappa shape index (κ2) is 13.0. The van der Waals surface area contributed by atoms with Gasteiger partial charge < -0.3 is 10.2 Å². The molecule has 3 rings (SSSR count). The monoisotopic (exact) mass is 490 g/mol. The number of rotatable bonds is 10. The maximum absolute atomic E-state index is 13.4. The zero-order valence-electron chi connectivity index (χ0n) is 19.1. The van der Waals surface area contributed by atoms with Crippen LogP contribution in [0.5, 0.6) is 0 Å². The van der Waals surface area contributed by atoms with Crippen molar-refractivity contribution >= 4 is 35.2 Å². The van der Waals surface area contributed by atoms with Gasteiger partial charge in [0.2, 0.25) is 11.8 Å². The molecule has 1 fully saturated rings. The van der Waals surface area contributed by atoms with E-state index < -0.39 is 6.04 Å². The molecule has 7 heteroatoms. The highest BCUT2D eigenvalue weighted by molar-refractivity contribution is 7.99. The van der Waals surface area contributed by atoms with Crippen LogP contribution in [0, 0.1) is 5.82 Å². The van der Waals surface area contributed by atoms with Crippen molar-refractivity contribution in [2.75, 3.05) is 5.75 Å². The van der Waals surface area contributed by atoms with Gasteiger partial charge >= 0.3 is 0 Å². The molecule has 1 atom stereocenters. The lowest BCUT2D eigenvalue weighted by Gasteiger charge is -2.32. The van der Waals surface area contributed by atoms with Crippen LogP contribution in [0.4, 0.5) is 4.39 Å². The van der Waals surface area contributed by atoms with Gasteiger partial charge in [0, 0.05) is 23.4 Å². The second-order valence-electron chi connectivity index (χ2n) is 8.54. The fraction of sp³-hybridized carbons (Fsp3) is 0.462. The first-order chi connectivity index (χ1) is 16.0. The SMILES string of the molecule is CC[C@H](C(=O)NC1CCCCC1)N(Cc1ccc(F)cc1)C(=O)CSCc1cccc(Cl)c1. The molecule has 0 spiro atoms. The normalized spacial score (nSPS) is 15.1. The number of benzene rings is 2. The number of halogens is 2. The van der Waals surface area contributed by atoms with Gasteiger partial charge in [-0.05, 0) is 54.7 Å². The fourth-order valence-corrected chi connectivity index (χ4v) is 5.29. The number of hydrogen-bond acceptors (Lipinski definition) is 3. The van der Waals surface area contributed by atoms with E-state index in [1.54, 1.807) is 17.0 Å². The molecule has 0 saturated heterocycles. The summed E-state index contributed by atoms with van der Waals surface area (Å²) in [7, 11) is 0. The third kappa shape index (κ3) is 8.04. The van der Waals surface area contributed by atoms with Crippen LogP contribution in [0.15, 0.2) is 48.5 Å². The summed E-state index contributed by atoms with van der Waals surface area (Å²) in [6, 6.07) is 13.3. The molecule has 0 aliphatic heterocycles. The Labute approximate surface area is 205 Å². The van der Waals surface area contributed by atoms with Crippen LogP contribution in [0.25, 0.3) is 0 Å². The molecule has 1 saturated carbocycles. The van der Waals surface area contributed by atoms with Gasteiger partial charge in [0.05, 0.1) is 5.75 Å². The number of nitrogens with zero attached hydrogens (tertiary/aromatic N) is 1. The van der Waals surface area contributed by atoms with Crippen LogP contribution in [-0.4, -0.2) is 34.6 Å². The average Bonchev–Trinajstić information content (AvgIpc) is 2.81. The molecule has 2 amide bonds. The fourth-order valence-electron chi connectivity index (χ4n) is 4.22. The largest absolute Gasteiger partial charge is 0.352 e. The first kappa shape index (κ1) is 25.6. The second-order valence-corrected chi connectivity index (χ2v) is 9.96. The van der Waals surface area contributed by atoms with E-state index in [1.165, 1.54) is 30.3 Å². The summed E-state index contributed by atoms with van der Waals surface area (Å²) in [5.74, 6) is 0.385. The Morgan fingerprint density at radius 3 is 2.52 bits per heavy atom. The number of thioether (sulfide) groups is 1. The predicted molar refractivity (Wildman–Crippen MR) is 134 cm³/mol. The summed E-state index contributed by atoms with van der Waals surface area (Å²) in [6.45, 7) is 2.20. The molecule has 178 valence electrons. The third-order valence-electron chi connectivity index (χ3n) is 5.99. The molecule has 0 aromatic heterocycles. The Morgan fingerprint density at radius 1 is 1.12 bits per heavy atom. The summed E-state index contributed by atoms with van der Waals surface area (Å²) in [5.41, 5.74) is 1.85. The molecule has 0 unspecified atom stereocenters. The van der Waals surface area contributed by atoms with E-state index in [9.17, 15) is 14.0 Å². The Kier molecular flexibility index (Phi) is 10.1. The topological polar surface area (TPSA) is 49.4 Å². The maximum Gasteiger partial charge on any atom is 0.243 e. The van der Waals surface area contributed by atoms with E-state index in [-0.39, 0.29) is 36.0 Å². The Bertz CT molecular complexity index is 919. The predicted octanol–water partition coefficient (Wildman–Crippen LogP) is 5.97. The van der Waals surface area contributed by atoms with E-state index in [1.807, 2.05) is 31.2 Å². The smallest absolute Gasteiger partial charge is 0.243 e. The first-order valence-electron chi connectivity index (χ1n) is 11.6. The van der Waals surface area contributed by atoms with Crippen LogP contribution >= 0.6 is 23.4 Å². The molecule has 33 heavy (non-hydrogen) atoms. The zero-order chi connectivity index (χ0) is 23.6. The lowest BCUT2D eigenvalue weighted by Crippen LogP contribution is -2.52. The summed E-state index contributed by atoms with van der Waals surface area (Å²) < 4.78 is 13.4. The molecule has 2 aromatic carbocycles. The minimum Gasteiger partial charge on any atom is -0.352 e. The molecule has 0 heterocycles. The molecule has 1 aliphatic rings. The minimum atomic E-state index is -0.559. The number of hydrogen-bond donors (Lipinski definition) is 1. The molecule has 4 nitrogen and oxygen atoms in total. The van der Waals surface area contributed by atoms with Crippen LogP contribution in [0.2, 0.25) is 5.02 Å². The van der Waals surface area contributed by atoms with Crippen LogP contribution in [0.3, 0.4) is 0 Å². The van der Waals surface area contributed by atoms with Gasteiger partial charge in [0.1, 0.15) is 11.9 Å². The zero-order valence-corrected chi connectivity index (χ0v) is 20.6. The number of amides is 2. The molecule has 0 bridgehead atoms. The standard InChI is InChI=1S/C26H32ClFN2O2S/c1-2-24(26(32)29-23-9-4-3-5-10-23)30(16-19-11-13-22(28)14-12-19)25(31)18-33-17-20-7-6-8-21(27)15-20/h6-8,11-15,23-24H,2-5,9-10,16-18H2,1H3,(H,29,32)/t24-/m1/s1. The highest BCUT2D eigenvalue weighted by Gasteiger charge is 2.30. The summed E-state index contributed by atoms with van der Waals surface area (Å²) in [6.07, 6.45) is 5.96. The third-order valence-corrected chi connectivity index (χ3v) is 7.21. The van der Waals surface area contributed by atoms with Gasteiger partial charge in [-0.25, -0.2) is 4.39 Å². The molecule has 1 aliphatic carbocycles. The summed E-state index contributed by atoms with van der Waals surface area (Å²) >= 11 is 7.56. The van der Waals surface area contributed by atoms with Crippen LogP contribution < -0.4 is 5.32 Å². The van der Waals surface area contributed by atoms with Gasteiger partial charge in [0.25, 0.3) is 0 Å². The molecular formula is C26H32ClFN2O2S. The van der Waals surface area contributed by atoms with Gasteiger partial charge in [-0.15, -0.1) is 11.8 Å². The lowest BCUT2D eigenvalue weighted by atomic mass is 9.95. The Morgan fingerprint density at radius 2 is 1.85 bits per heavy atom. The number of nitrogens with one attached hydrogen (secondary N) is 1. The summed E-state index contributed by atoms with van der Waals surface area (Å²) in [5, 5.41) is 3.84. The van der Waals surface area contributed by atoms with Crippen molar-refractivity contribution in [3.05, 3.63) is 70.5 Å². The van der Waals surface area contributed by atoms with Gasteiger partial charge in [-0.3, -0.25) is 9.59 Å². The highest BCUT2D eigenvalue weighted by atomic mass is 35.5. The van der Waals surface area contributed by atoms with Crippen molar-refractivity contribution in [2.45, 2.75) is 69.8 Å². The van der Waals surface area contributed by atoms with Crippen LogP contribution in [0.1, 0.15) is 56.6 Å². The van der Waals surface area contributed by atoms with E-state index in [0.717, 1.165) is 36.8 Å². The number of carbonyl (C=O) groups excluding carboxylic acids is 2. The maximum atomic E-state index is 13.4. The minimum absolute atomic E-state index is 0.0975. The van der Waals surface area contributed by atoms with E-state index in [2.05, 4.69) is 5.32 Å². The number of carbonyl (C=O) groups is 2. The van der Waals surface area contributed by atoms with Crippen molar-refractivity contribution in [2.24, 2.45) is 0 Å². The Balaban J connectivity index is 1.69. The van der Waals surface area contributed by atoms with Crippen molar-refractivity contribution in [3.8, 4) is 0 Å². The van der Waals surface area contributed by atoms with Crippen molar-refractivity contribution < 1.29 is 14.0 Å². The van der Waals surface area contributed by atoms with Crippen molar-refractivity contribution in [1.29, 1.82) is 0 Å². The van der Waals surface area contributed by atoms with E-state index in [4.69, 9.17) is 11.6 Å². The molecule has 2 aromatic rings. The molecule has 0 radical (unpaired) electrons. The lowest BCUT2D eigenvalue weighted by molar-refractivity contribution is -0.139. The average molecular weight is 491 g/mol. The molecule has 1 N–H and O–H groups in total.